The molecule has 8 heteroatoms. The summed E-state index contributed by atoms with van der Waals surface area (Å²) in [6.45, 7) is 0. The molecule has 0 atom stereocenters. The number of thiocarbonyl (C=S) groups is 1. The summed E-state index contributed by atoms with van der Waals surface area (Å²) in [5.41, 5.74) is 4.36. The van der Waals surface area contributed by atoms with Gasteiger partial charge in [0, 0.05) is 15.7 Å². The number of halogens is 2. The predicted octanol–water partition coefficient (Wildman–Crippen LogP) is 3.23. The highest BCUT2D eigenvalue weighted by atomic mass is 79.9. The summed E-state index contributed by atoms with van der Waals surface area (Å²) >= 11 is 8.46. The first kappa shape index (κ1) is 15.6. The minimum absolute atomic E-state index is 0.0828. The van der Waals surface area contributed by atoms with Gasteiger partial charge in [-0.1, -0.05) is 15.9 Å². The van der Waals surface area contributed by atoms with Gasteiger partial charge in [0.15, 0.2) is 10.8 Å². The van der Waals surface area contributed by atoms with E-state index in [0.29, 0.717) is 11.3 Å². The van der Waals surface area contributed by atoms with Gasteiger partial charge in [-0.25, -0.2) is 4.39 Å². The number of fused-ring (bicyclic) bond motifs is 1. The minimum Gasteiger partial charge on any atom is -0.331 e. The van der Waals surface area contributed by atoms with E-state index in [-0.39, 0.29) is 10.8 Å². The summed E-state index contributed by atoms with van der Waals surface area (Å²) in [6, 6.07) is 11.4. The molecule has 0 saturated carbocycles. The van der Waals surface area contributed by atoms with Crippen LogP contribution in [0.5, 0.6) is 0 Å². The fraction of sp³-hybridized carbons (Fsp3) is 0. The fourth-order valence-corrected chi connectivity index (χ4v) is 2.46. The lowest BCUT2D eigenvalue weighted by Crippen LogP contribution is -2.27. The molecule has 1 heterocycles. The van der Waals surface area contributed by atoms with E-state index < -0.39 is 11.7 Å². The van der Waals surface area contributed by atoms with Gasteiger partial charge in [-0.3, -0.25) is 10.2 Å². The largest absolute Gasteiger partial charge is 0.331 e. The lowest BCUT2D eigenvalue weighted by molar-refractivity contribution is -0.110. The van der Waals surface area contributed by atoms with Gasteiger partial charge < -0.3 is 10.6 Å². The molecule has 0 aliphatic carbocycles. The van der Waals surface area contributed by atoms with Crippen LogP contribution in [0.2, 0.25) is 0 Å². The predicted molar refractivity (Wildman–Crippen MR) is 95.1 cm³/mol. The lowest BCUT2D eigenvalue weighted by Gasteiger charge is -2.07. The Bertz CT molecular complexity index is 823. The van der Waals surface area contributed by atoms with Crippen molar-refractivity contribution < 1.29 is 9.18 Å². The first-order chi connectivity index (χ1) is 11.0. The van der Waals surface area contributed by atoms with Gasteiger partial charge in [0.05, 0.1) is 5.69 Å². The molecule has 0 spiro atoms. The number of rotatable bonds is 2. The normalized spacial score (nSPS) is 14.3. The minimum atomic E-state index is -0.441. The number of nitrogens with zero attached hydrogens (tertiary/aromatic N) is 1. The molecule has 0 saturated heterocycles. The average Bonchev–Trinajstić information content (AvgIpc) is 2.82. The molecule has 1 aliphatic heterocycles. The number of hydrogen-bond acceptors (Lipinski definition) is 3. The molecule has 3 rings (SSSR count). The van der Waals surface area contributed by atoms with E-state index in [1.807, 2.05) is 24.3 Å². The first-order valence-electron chi connectivity index (χ1n) is 6.54. The van der Waals surface area contributed by atoms with Crippen LogP contribution in [-0.4, -0.2) is 16.7 Å². The highest BCUT2D eigenvalue weighted by Gasteiger charge is 2.26. The summed E-state index contributed by atoms with van der Waals surface area (Å²) in [4.78, 5) is 11.9. The molecular formula is C15H10BrFN4OS. The maximum Gasteiger partial charge on any atom is 0.276 e. The molecule has 1 amide bonds. The van der Waals surface area contributed by atoms with Gasteiger partial charge >= 0.3 is 0 Å². The number of benzene rings is 2. The average molecular weight is 393 g/mol. The van der Waals surface area contributed by atoms with Gasteiger partial charge in [-0.15, -0.1) is 0 Å². The van der Waals surface area contributed by atoms with Crippen molar-refractivity contribution in [3.05, 3.63) is 58.3 Å². The van der Waals surface area contributed by atoms with Crippen molar-refractivity contribution in [2.75, 3.05) is 10.6 Å². The Hall–Kier alpha value is -2.32. The van der Waals surface area contributed by atoms with Crippen LogP contribution in [0.15, 0.2) is 52.0 Å². The molecule has 0 bridgehead atoms. The number of hydrazone groups is 1. The zero-order chi connectivity index (χ0) is 16.4. The second-order valence-corrected chi connectivity index (χ2v) is 6.00. The zero-order valence-electron chi connectivity index (χ0n) is 11.6. The molecule has 116 valence electrons. The number of hydrogen-bond donors (Lipinski definition) is 3. The quantitative estimate of drug-likeness (QED) is 0.542. The van der Waals surface area contributed by atoms with Crippen molar-refractivity contribution in [3.8, 4) is 0 Å². The van der Waals surface area contributed by atoms with E-state index in [1.165, 1.54) is 18.2 Å². The van der Waals surface area contributed by atoms with Crippen LogP contribution >= 0.6 is 28.1 Å². The molecule has 0 fully saturated rings. The van der Waals surface area contributed by atoms with E-state index >= 15 is 0 Å². The van der Waals surface area contributed by atoms with Gasteiger partial charge in [-0.2, -0.15) is 5.10 Å². The highest BCUT2D eigenvalue weighted by molar-refractivity contribution is 9.10. The van der Waals surface area contributed by atoms with E-state index in [1.54, 1.807) is 0 Å². The summed E-state index contributed by atoms with van der Waals surface area (Å²) in [5.74, 6) is -0.854. The van der Waals surface area contributed by atoms with Crippen molar-refractivity contribution in [3.63, 3.8) is 0 Å². The Balaban J connectivity index is 1.73. The van der Waals surface area contributed by atoms with Crippen LogP contribution in [0.1, 0.15) is 5.56 Å². The summed E-state index contributed by atoms with van der Waals surface area (Å²) in [5, 5.41) is 9.73. The van der Waals surface area contributed by atoms with Crippen molar-refractivity contribution in [2.24, 2.45) is 5.10 Å². The van der Waals surface area contributed by atoms with Gasteiger partial charge in [0.1, 0.15) is 5.82 Å². The van der Waals surface area contributed by atoms with E-state index in [2.05, 4.69) is 37.1 Å². The molecule has 0 aromatic heterocycles. The molecule has 5 nitrogen and oxygen atoms in total. The molecule has 2 aromatic carbocycles. The molecule has 23 heavy (non-hydrogen) atoms. The topological polar surface area (TPSA) is 65.5 Å². The number of amides is 1. The maximum absolute atomic E-state index is 13.3. The van der Waals surface area contributed by atoms with Crippen LogP contribution in [0.25, 0.3) is 0 Å². The van der Waals surface area contributed by atoms with Crippen LogP contribution in [0.3, 0.4) is 0 Å². The third kappa shape index (κ3) is 3.54. The Morgan fingerprint density at radius 2 is 1.96 bits per heavy atom. The molecule has 0 radical (unpaired) electrons. The SMILES string of the molecule is O=C1Nc2ccc(F)cc2/C1=N/NC(=S)Nc1ccc(Br)cc1. The maximum atomic E-state index is 13.3. The van der Waals surface area contributed by atoms with Crippen molar-refractivity contribution >= 4 is 56.3 Å². The molecule has 0 unspecified atom stereocenters. The summed E-state index contributed by atoms with van der Waals surface area (Å²) in [6.07, 6.45) is 0. The van der Waals surface area contributed by atoms with Crippen molar-refractivity contribution in [2.45, 2.75) is 0 Å². The van der Waals surface area contributed by atoms with E-state index in [0.717, 1.165) is 10.2 Å². The summed E-state index contributed by atoms with van der Waals surface area (Å²) in [7, 11) is 0. The van der Waals surface area contributed by atoms with E-state index in [4.69, 9.17) is 12.2 Å². The number of carbonyl (C=O) groups is 1. The monoisotopic (exact) mass is 392 g/mol. The molecule has 1 aliphatic rings. The van der Waals surface area contributed by atoms with E-state index in [9.17, 15) is 9.18 Å². The number of anilines is 2. The second kappa shape index (κ2) is 6.43. The van der Waals surface area contributed by atoms with Crippen LogP contribution in [0, 0.1) is 5.82 Å². The zero-order valence-corrected chi connectivity index (χ0v) is 14.0. The Morgan fingerprint density at radius 3 is 2.70 bits per heavy atom. The Labute approximate surface area is 145 Å². The smallest absolute Gasteiger partial charge is 0.276 e. The molecule has 2 aromatic rings. The van der Waals surface area contributed by atoms with Gasteiger partial charge in [0.2, 0.25) is 0 Å². The summed E-state index contributed by atoms with van der Waals surface area (Å²) < 4.78 is 14.3. The van der Waals surface area contributed by atoms with Crippen molar-refractivity contribution in [1.29, 1.82) is 0 Å². The number of carbonyl (C=O) groups excluding carboxylic acids is 1. The first-order valence-corrected chi connectivity index (χ1v) is 7.74. The van der Waals surface area contributed by atoms with Crippen LogP contribution in [-0.2, 0) is 4.79 Å². The fourth-order valence-electron chi connectivity index (χ4n) is 2.04. The van der Waals surface area contributed by atoms with Crippen LogP contribution in [0.4, 0.5) is 15.8 Å². The van der Waals surface area contributed by atoms with Gasteiger partial charge in [0.25, 0.3) is 5.91 Å². The molecule has 3 N–H and O–H groups in total. The standard InChI is InChI=1S/C15H10BrFN4OS/c16-8-1-4-10(5-2-8)18-15(23)21-20-13-11-7-9(17)3-6-12(11)19-14(13)22/h1-7H,(H2,18,21,23)(H,19,20,22). The van der Waals surface area contributed by atoms with Gasteiger partial charge in [-0.05, 0) is 54.7 Å². The second-order valence-electron chi connectivity index (χ2n) is 4.68. The Morgan fingerprint density at radius 1 is 1.22 bits per heavy atom. The van der Waals surface area contributed by atoms with Crippen molar-refractivity contribution in [1.82, 2.24) is 5.43 Å². The lowest BCUT2D eigenvalue weighted by atomic mass is 10.1. The van der Waals surface area contributed by atoms with Crippen LogP contribution < -0.4 is 16.1 Å². The number of nitrogens with one attached hydrogen (secondary N) is 3. The highest BCUT2D eigenvalue weighted by Crippen LogP contribution is 2.23. The third-order valence-corrected chi connectivity index (χ3v) is 3.79. The third-order valence-electron chi connectivity index (χ3n) is 3.07. The Kier molecular flexibility index (Phi) is 4.35. The molecular weight excluding hydrogens is 383 g/mol.